The van der Waals surface area contributed by atoms with Crippen LogP contribution in [0.3, 0.4) is 0 Å². The number of ether oxygens (including phenoxy) is 2. The van der Waals surface area contributed by atoms with Gasteiger partial charge in [0.05, 0.1) is 18.1 Å². The number of nitrogens with one attached hydrogen (secondary N) is 1. The first-order chi connectivity index (χ1) is 9.47. The molecule has 20 heavy (non-hydrogen) atoms. The molecule has 0 spiro atoms. The molecule has 0 aromatic heterocycles. The molecule has 0 bridgehead atoms. The fraction of sp³-hybridized carbons (Fsp3) is 0.462. The van der Waals surface area contributed by atoms with E-state index in [0.29, 0.717) is 5.75 Å². The topological polar surface area (TPSA) is 90.7 Å². The number of methoxy groups -OCH3 is 1. The third-order valence-electron chi connectivity index (χ3n) is 2.74. The van der Waals surface area contributed by atoms with E-state index >= 15 is 0 Å². The molecule has 0 aliphatic heterocycles. The maximum atomic E-state index is 11.6. The molecule has 1 amide bonds. The maximum Gasteiger partial charge on any atom is 0.314 e. The Hall–Kier alpha value is -2.31. The van der Waals surface area contributed by atoms with E-state index < -0.39 is 4.92 Å². The summed E-state index contributed by atoms with van der Waals surface area (Å²) in [6.07, 6.45) is 0.800. The minimum atomic E-state index is -0.579. The number of carbonyl (C=O) groups excluding carboxylic acids is 1. The Morgan fingerprint density at radius 2 is 2.20 bits per heavy atom. The summed E-state index contributed by atoms with van der Waals surface area (Å²) in [6, 6.07) is 4.24. The predicted octanol–water partition coefficient (Wildman–Crippen LogP) is 1.90. The van der Waals surface area contributed by atoms with E-state index in [2.05, 4.69) is 5.32 Å². The number of benzene rings is 1. The van der Waals surface area contributed by atoms with Crippen LogP contribution < -0.4 is 14.8 Å². The van der Waals surface area contributed by atoms with Crippen LogP contribution in [0.4, 0.5) is 5.69 Å². The van der Waals surface area contributed by atoms with Gasteiger partial charge in [0.2, 0.25) is 0 Å². The first-order valence-electron chi connectivity index (χ1n) is 6.22. The second kappa shape index (κ2) is 7.32. The summed E-state index contributed by atoms with van der Waals surface area (Å²) in [5.74, 6) is 0.0766. The van der Waals surface area contributed by atoms with E-state index in [1.807, 2.05) is 13.8 Å². The van der Waals surface area contributed by atoms with Gasteiger partial charge in [-0.2, -0.15) is 0 Å². The lowest BCUT2D eigenvalue weighted by Gasteiger charge is -2.12. The lowest BCUT2D eigenvalue weighted by Crippen LogP contribution is -2.35. The third-order valence-corrected chi connectivity index (χ3v) is 2.74. The zero-order valence-corrected chi connectivity index (χ0v) is 11.7. The molecule has 1 atom stereocenters. The number of nitro benzene ring substituents is 1. The second-order valence-electron chi connectivity index (χ2n) is 4.26. The summed E-state index contributed by atoms with van der Waals surface area (Å²) < 4.78 is 10.1. The van der Waals surface area contributed by atoms with Crippen LogP contribution in [0.2, 0.25) is 0 Å². The van der Waals surface area contributed by atoms with Crippen molar-refractivity contribution in [3.05, 3.63) is 28.3 Å². The van der Waals surface area contributed by atoms with E-state index in [-0.39, 0.29) is 30.0 Å². The standard InChI is InChI=1S/C13H18N2O5/c1-4-9(2)14-13(16)8-20-12-6-5-10(19-3)7-11(12)15(17)18/h5-7,9H,4,8H2,1-3H3,(H,14,16)/t9-/m0/s1. The minimum Gasteiger partial charge on any atom is -0.496 e. The van der Waals surface area contributed by atoms with Crippen molar-refractivity contribution in [1.82, 2.24) is 5.32 Å². The van der Waals surface area contributed by atoms with Gasteiger partial charge < -0.3 is 14.8 Å². The molecule has 0 aliphatic carbocycles. The van der Waals surface area contributed by atoms with Crippen molar-refractivity contribution >= 4 is 11.6 Å². The average molecular weight is 282 g/mol. The van der Waals surface area contributed by atoms with Crippen LogP contribution in [0.1, 0.15) is 20.3 Å². The molecule has 1 rings (SSSR count). The number of hydrogen-bond acceptors (Lipinski definition) is 5. The van der Waals surface area contributed by atoms with E-state index in [9.17, 15) is 14.9 Å². The Labute approximate surface area is 117 Å². The van der Waals surface area contributed by atoms with E-state index in [4.69, 9.17) is 9.47 Å². The van der Waals surface area contributed by atoms with Gasteiger partial charge in [-0.25, -0.2) is 0 Å². The Morgan fingerprint density at radius 3 is 2.75 bits per heavy atom. The quantitative estimate of drug-likeness (QED) is 0.609. The monoisotopic (exact) mass is 282 g/mol. The first-order valence-corrected chi connectivity index (χ1v) is 6.22. The second-order valence-corrected chi connectivity index (χ2v) is 4.26. The Bertz CT molecular complexity index is 490. The lowest BCUT2D eigenvalue weighted by atomic mass is 10.2. The van der Waals surface area contributed by atoms with Crippen molar-refractivity contribution in [2.45, 2.75) is 26.3 Å². The van der Waals surface area contributed by atoms with Gasteiger partial charge in [-0.05, 0) is 25.5 Å². The molecule has 7 nitrogen and oxygen atoms in total. The molecule has 0 fully saturated rings. The summed E-state index contributed by atoms with van der Waals surface area (Å²) in [5.41, 5.74) is -0.235. The highest BCUT2D eigenvalue weighted by Crippen LogP contribution is 2.30. The number of amides is 1. The first kappa shape index (κ1) is 15.7. The lowest BCUT2D eigenvalue weighted by molar-refractivity contribution is -0.385. The summed E-state index contributed by atoms with van der Waals surface area (Å²) in [5, 5.41) is 13.6. The van der Waals surface area contributed by atoms with Crippen LogP contribution in [0.25, 0.3) is 0 Å². The summed E-state index contributed by atoms with van der Waals surface area (Å²) >= 11 is 0. The number of hydrogen-bond donors (Lipinski definition) is 1. The van der Waals surface area contributed by atoms with E-state index in [0.717, 1.165) is 6.42 Å². The van der Waals surface area contributed by atoms with Crippen LogP contribution >= 0.6 is 0 Å². The van der Waals surface area contributed by atoms with E-state index in [1.54, 1.807) is 0 Å². The Kier molecular flexibility index (Phi) is 5.76. The summed E-state index contributed by atoms with van der Waals surface area (Å²) in [4.78, 5) is 21.9. The molecule has 1 N–H and O–H groups in total. The van der Waals surface area contributed by atoms with Gasteiger partial charge in [0, 0.05) is 6.04 Å². The average Bonchev–Trinajstić information content (AvgIpc) is 2.44. The molecular weight excluding hydrogens is 264 g/mol. The highest BCUT2D eigenvalue weighted by molar-refractivity contribution is 5.78. The number of nitro groups is 1. The van der Waals surface area contributed by atoms with Crippen LogP contribution in [0, 0.1) is 10.1 Å². The molecule has 7 heteroatoms. The van der Waals surface area contributed by atoms with Crippen molar-refractivity contribution in [1.29, 1.82) is 0 Å². The van der Waals surface area contributed by atoms with Crippen LogP contribution in [0.15, 0.2) is 18.2 Å². The van der Waals surface area contributed by atoms with Crippen LogP contribution in [-0.2, 0) is 4.79 Å². The van der Waals surface area contributed by atoms with Gasteiger partial charge in [-0.1, -0.05) is 6.92 Å². The van der Waals surface area contributed by atoms with Gasteiger partial charge in [-0.3, -0.25) is 14.9 Å². The van der Waals surface area contributed by atoms with Gasteiger partial charge in [0.15, 0.2) is 12.4 Å². The molecular formula is C13H18N2O5. The SMILES string of the molecule is CC[C@H](C)NC(=O)COc1ccc(OC)cc1[N+](=O)[O-]. The molecule has 0 unspecified atom stereocenters. The number of carbonyl (C=O) groups is 1. The van der Waals surface area contributed by atoms with Crippen molar-refractivity contribution < 1.29 is 19.2 Å². The van der Waals surface area contributed by atoms with Crippen molar-refractivity contribution in [2.24, 2.45) is 0 Å². The normalized spacial score (nSPS) is 11.6. The van der Waals surface area contributed by atoms with Crippen LogP contribution in [-0.4, -0.2) is 30.6 Å². The van der Waals surface area contributed by atoms with Gasteiger partial charge in [0.1, 0.15) is 5.75 Å². The summed E-state index contributed by atoms with van der Waals surface area (Å²) in [7, 11) is 1.42. The molecule has 0 saturated heterocycles. The Balaban J connectivity index is 2.72. The van der Waals surface area contributed by atoms with Gasteiger partial charge in [-0.15, -0.1) is 0 Å². The molecule has 1 aromatic rings. The zero-order valence-electron chi connectivity index (χ0n) is 11.7. The number of nitrogens with zero attached hydrogens (tertiary/aromatic N) is 1. The van der Waals surface area contributed by atoms with Crippen molar-refractivity contribution in [2.75, 3.05) is 13.7 Å². The number of rotatable bonds is 7. The van der Waals surface area contributed by atoms with Crippen molar-refractivity contribution in [3.8, 4) is 11.5 Å². The minimum absolute atomic E-state index is 0.0371. The Morgan fingerprint density at radius 1 is 1.50 bits per heavy atom. The molecule has 0 saturated carbocycles. The van der Waals surface area contributed by atoms with Crippen LogP contribution in [0.5, 0.6) is 11.5 Å². The molecule has 0 aliphatic rings. The molecule has 110 valence electrons. The van der Waals surface area contributed by atoms with E-state index in [1.165, 1.54) is 25.3 Å². The molecule has 1 aromatic carbocycles. The summed E-state index contributed by atoms with van der Waals surface area (Å²) in [6.45, 7) is 3.55. The fourth-order valence-corrected chi connectivity index (χ4v) is 1.45. The molecule has 0 radical (unpaired) electrons. The highest BCUT2D eigenvalue weighted by Gasteiger charge is 2.17. The predicted molar refractivity (Wildman–Crippen MR) is 73.0 cm³/mol. The maximum absolute atomic E-state index is 11.6. The highest BCUT2D eigenvalue weighted by atomic mass is 16.6. The molecule has 0 heterocycles. The van der Waals surface area contributed by atoms with Gasteiger partial charge in [0.25, 0.3) is 5.91 Å². The smallest absolute Gasteiger partial charge is 0.314 e. The zero-order chi connectivity index (χ0) is 15.1. The largest absolute Gasteiger partial charge is 0.496 e. The van der Waals surface area contributed by atoms with Gasteiger partial charge >= 0.3 is 5.69 Å². The fourth-order valence-electron chi connectivity index (χ4n) is 1.45. The third kappa shape index (κ3) is 4.42. The van der Waals surface area contributed by atoms with Crippen molar-refractivity contribution in [3.63, 3.8) is 0 Å².